The van der Waals surface area contributed by atoms with Crippen LogP contribution in [0.15, 0.2) is 90.2 Å². The molecule has 0 unspecified atom stereocenters. The van der Waals surface area contributed by atoms with Gasteiger partial charge in [0.2, 0.25) is 0 Å². The van der Waals surface area contributed by atoms with Crippen LogP contribution in [0.1, 0.15) is 12.0 Å². The lowest BCUT2D eigenvalue weighted by molar-refractivity contribution is 0.551. The van der Waals surface area contributed by atoms with Crippen molar-refractivity contribution >= 4 is 0 Å². The minimum Gasteiger partial charge on any atom is -0.306 e. The van der Waals surface area contributed by atoms with Crippen LogP contribution in [0.3, 0.4) is 0 Å². The van der Waals surface area contributed by atoms with Crippen molar-refractivity contribution in [1.29, 1.82) is 0 Å². The summed E-state index contributed by atoms with van der Waals surface area (Å²) in [5, 5.41) is 4.55. The fourth-order valence-corrected chi connectivity index (χ4v) is 3.06. The van der Waals surface area contributed by atoms with Gasteiger partial charge in [-0.05, 0) is 36.6 Å². The predicted molar refractivity (Wildman–Crippen MR) is 106 cm³/mol. The van der Waals surface area contributed by atoms with Gasteiger partial charge >= 0.3 is 0 Å². The quantitative estimate of drug-likeness (QED) is 0.529. The predicted octanol–water partition coefficient (Wildman–Crippen LogP) is 3.73. The molecule has 0 saturated carbocycles. The number of aromatic nitrogens is 4. The van der Waals surface area contributed by atoms with Gasteiger partial charge in [-0.1, -0.05) is 42.5 Å². The number of hydrogen-bond donors (Lipinski definition) is 0. The maximum Gasteiger partial charge on any atom is 0.266 e. The monoisotopic (exact) mass is 356 g/mol. The van der Waals surface area contributed by atoms with Crippen LogP contribution in [0.4, 0.5) is 0 Å². The minimum absolute atomic E-state index is 0.0677. The minimum atomic E-state index is -0.0677. The summed E-state index contributed by atoms with van der Waals surface area (Å²) >= 11 is 0. The van der Waals surface area contributed by atoms with Crippen LogP contribution < -0.4 is 5.56 Å². The molecule has 134 valence electrons. The molecule has 2 heterocycles. The van der Waals surface area contributed by atoms with Gasteiger partial charge in [0.1, 0.15) is 0 Å². The van der Waals surface area contributed by atoms with Crippen molar-refractivity contribution in [3.05, 3.63) is 101 Å². The van der Waals surface area contributed by atoms with Crippen molar-refractivity contribution in [3.63, 3.8) is 0 Å². The third kappa shape index (κ3) is 4.03. The maximum atomic E-state index is 12.1. The summed E-state index contributed by atoms with van der Waals surface area (Å²) in [4.78, 5) is 16.2. The van der Waals surface area contributed by atoms with Gasteiger partial charge in [0.05, 0.1) is 12.0 Å². The summed E-state index contributed by atoms with van der Waals surface area (Å²) in [7, 11) is 0. The maximum absolute atomic E-state index is 12.1. The van der Waals surface area contributed by atoms with Gasteiger partial charge in [-0.3, -0.25) is 4.79 Å². The van der Waals surface area contributed by atoms with E-state index >= 15 is 0 Å². The molecule has 27 heavy (non-hydrogen) atoms. The van der Waals surface area contributed by atoms with Gasteiger partial charge in [-0.2, -0.15) is 5.10 Å². The Morgan fingerprint density at radius 3 is 2.44 bits per heavy atom. The van der Waals surface area contributed by atoms with Crippen molar-refractivity contribution < 1.29 is 0 Å². The third-order valence-corrected chi connectivity index (χ3v) is 4.51. The molecule has 0 amide bonds. The highest BCUT2D eigenvalue weighted by Gasteiger charge is 2.05. The topological polar surface area (TPSA) is 52.7 Å². The molecule has 4 aromatic rings. The van der Waals surface area contributed by atoms with E-state index in [1.807, 2.05) is 53.2 Å². The van der Waals surface area contributed by atoms with Crippen molar-refractivity contribution in [2.75, 3.05) is 0 Å². The zero-order valence-corrected chi connectivity index (χ0v) is 14.9. The average Bonchev–Trinajstić information content (AvgIpc) is 3.25. The van der Waals surface area contributed by atoms with E-state index in [4.69, 9.17) is 0 Å². The summed E-state index contributed by atoms with van der Waals surface area (Å²) in [6, 6.07) is 21.7. The standard InChI is InChI=1S/C22H20N4O/c27-22-13-12-21(19-8-10-20(11-9-19)25-16-14-23-17-25)24-26(22)15-4-7-18-5-2-1-3-6-18/h1-3,5-6,8-14,16-17H,4,7,15H2. The van der Waals surface area contributed by atoms with Gasteiger partial charge < -0.3 is 4.57 Å². The first-order valence-electron chi connectivity index (χ1n) is 9.00. The second kappa shape index (κ2) is 7.83. The Kier molecular flexibility index (Phi) is 4.92. The molecule has 5 heteroatoms. The summed E-state index contributed by atoms with van der Waals surface area (Å²) in [6.45, 7) is 0.606. The molecule has 0 N–H and O–H groups in total. The molecular formula is C22H20N4O. The number of imidazole rings is 1. The number of nitrogens with zero attached hydrogens (tertiary/aromatic N) is 4. The van der Waals surface area contributed by atoms with Crippen LogP contribution in [0, 0.1) is 0 Å². The van der Waals surface area contributed by atoms with E-state index in [-0.39, 0.29) is 5.56 Å². The Bertz CT molecular complexity index is 1050. The zero-order valence-electron chi connectivity index (χ0n) is 14.9. The lowest BCUT2D eigenvalue weighted by Gasteiger charge is -2.08. The lowest BCUT2D eigenvalue weighted by Crippen LogP contribution is -2.22. The van der Waals surface area contributed by atoms with Gasteiger partial charge in [-0.25, -0.2) is 9.67 Å². The van der Waals surface area contributed by atoms with Gasteiger partial charge in [0.25, 0.3) is 5.56 Å². The van der Waals surface area contributed by atoms with Crippen molar-refractivity contribution in [2.24, 2.45) is 0 Å². The van der Waals surface area contributed by atoms with Crippen molar-refractivity contribution in [1.82, 2.24) is 19.3 Å². The number of benzene rings is 2. The van der Waals surface area contributed by atoms with E-state index in [1.165, 1.54) is 5.56 Å². The van der Waals surface area contributed by atoms with E-state index in [1.54, 1.807) is 29.3 Å². The highest BCUT2D eigenvalue weighted by atomic mass is 16.1. The van der Waals surface area contributed by atoms with Crippen LogP contribution in [-0.2, 0) is 13.0 Å². The van der Waals surface area contributed by atoms with Gasteiger partial charge in [0, 0.05) is 36.3 Å². The number of aryl methyl sites for hydroxylation is 2. The van der Waals surface area contributed by atoms with Crippen molar-refractivity contribution in [3.8, 4) is 16.9 Å². The first-order chi connectivity index (χ1) is 13.3. The second-order valence-corrected chi connectivity index (χ2v) is 6.39. The normalized spacial score (nSPS) is 10.8. The first-order valence-corrected chi connectivity index (χ1v) is 9.00. The summed E-state index contributed by atoms with van der Waals surface area (Å²) < 4.78 is 3.50. The third-order valence-electron chi connectivity index (χ3n) is 4.51. The molecule has 0 aliphatic heterocycles. The molecule has 0 aliphatic carbocycles. The van der Waals surface area contributed by atoms with E-state index in [9.17, 15) is 4.79 Å². The Hall–Kier alpha value is -3.47. The largest absolute Gasteiger partial charge is 0.306 e. The zero-order chi connectivity index (χ0) is 18.5. The molecule has 2 aromatic heterocycles. The number of rotatable bonds is 6. The molecule has 0 bridgehead atoms. The van der Waals surface area contributed by atoms with Crippen LogP contribution >= 0.6 is 0 Å². The Balaban J connectivity index is 1.49. The summed E-state index contributed by atoms with van der Waals surface area (Å²) in [6.07, 6.45) is 7.22. The van der Waals surface area contributed by atoms with E-state index in [0.29, 0.717) is 6.54 Å². The van der Waals surface area contributed by atoms with Gasteiger partial charge in [0.15, 0.2) is 0 Å². The molecule has 2 aromatic carbocycles. The van der Waals surface area contributed by atoms with Gasteiger partial charge in [-0.15, -0.1) is 0 Å². The fraction of sp³-hybridized carbons (Fsp3) is 0.136. The molecule has 0 spiro atoms. The molecule has 0 atom stereocenters. The molecule has 0 aliphatic rings. The highest BCUT2D eigenvalue weighted by Crippen LogP contribution is 2.18. The molecular weight excluding hydrogens is 336 g/mol. The summed E-state index contributed by atoms with van der Waals surface area (Å²) in [5.74, 6) is 0. The van der Waals surface area contributed by atoms with Crippen LogP contribution in [-0.4, -0.2) is 19.3 Å². The Labute approximate surface area is 157 Å². The molecule has 0 saturated heterocycles. The molecule has 5 nitrogen and oxygen atoms in total. The van der Waals surface area contributed by atoms with Crippen LogP contribution in [0.5, 0.6) is 0 Å². The van der Waals surface area contributed by atoms with E-state index in [0.717, 1.165) is 29.8 Å². The smallest absolute Gasteiger partial charge is 0.266 e. The summed E-state index contributed by atoms with van der Waals surface area (Å²) in [5.41, 5.74) is 4.02. The second-order valence-electron chi connectivity index (χ2n) is 6.39. The van der Waals surface area contributed by atoms with Crippen molar-refractivity contribution in [2.45, 2.75) is 19.4 Å². The Morgan fingerprint density at radius 2 is 1.70 bits per heavy atom. The van der Waals surface area contributed by atoms with Crippen LogP contribution in [0.2, 0.25) is 0 Å². The van der Waals surface area contributed by atoms with Crippen LogP contribution in [0.25, 0.3) is 16.9 Å². The lowest BCUT2D eigenvalue weighted by atomic mass is 10.1. The van der Waals surface area contributed by atoms with E-state index in [2.05, 4.69) is 22.2 Å². The molecule has 0 radical (unpaired) electrons. The molecule has 4 rings (SSSR count). The molecule has 0 fully saturated rings. The first kappa shape index (κ1) is 17.0. The average molecular weight is 356 g/mol. The fourth-order valence-electron chi connectivity index (χ4n) is 3.06. The van der Waals surface area contributed by atoms with E-state index < -0.39 is 0 Å². The Morgan fingerprint density at radius 1 is 0.889 bits per heavy atom. The number of hydrogen-bond acceptors (Lipinski definition) is 3. The SMILES string of the molecule is O=c1ccc(-c2ccc(-n3ccnc3)cc2)nn1CCCc1ccccc1. The highest BCUT2D eigenvalue weighted by molar-refractivity contribution is 5.60.